The highest BCUT2D eigenvalue weighted by atomic mass is 16.3. The predicted octanol–water partition coefficient (Wildman–Crippen LogP) is 4.30. The summed E-state index contributed by atoms with van der Waals surface area (Å²) >= 11 is 0. The fraction of sp³-hybridized carbons (Fsp3) is 0.292. The quantitative estimate of drug-likeness (QED) is 0.591. The predicted molar refractivity (Wildman–Crippen MR) is 113 cm³/mol. The molecule has 2 N–H and O–H groups in total. The summed E-state index contributed by atoms with van der Waals surface area (Å²) in [6.45, 7) is 3.38. The van der Waals surface area contributed by atoms with Gasteiger partial charge in [0.15, 0.2) is 0 Å². The van der Waals surface area contributed by atoms with E-state index in [1.807, 2.05) is 18.2 Å². The van der Waals surface area contributed by atoms with Crippen molar-refractivity contribution < 1.29 is 14.3 Å². The number of anilines is 1. The Morgan fingerprint density at radius 2 is 1.97 bits per heavy atom. The van der Waals surface area contributed by atoms with E-state index in [-0.39, 0.29) is 11.7 Å². The van der Waals surface area contributed by atoms with E-state index in [0.717, 1.165) is 24.8 Å². The molecule has 2 heterocycles. The third-order valence-electron chi connectivity index (χ3n) is 5.52. The zero-order valence-electron chi connectivity index (χ0n) is 16.6. The van der Waals surface area contributed by atoms with E-state index in [4.69, 9.17) is 4.42 Å². The number of nitrogens with one attached hydrogen (secondary N) is 1. The Balaban J connectivity index is 1.34. The lowest BCUT2D eigenvalue weighted by atomic mass is 10.1. The second-order valence-electron chi connectivity index (χ2n) is 7.59. The van der Waals surface area contributed by atoms with Crippen molar-refractivity contribution >= 4 is 11.6 Å². The van der Waals surface area contributed by atoms with Gasteiger partial charge >= 0.3 is 0 Å². The van der Waals surface area contributed by atoms with Crippen LogP contribution in [-0.2, 0) is 19.4 Å². The van der Waals surface area contributed by atoms with E-state index in [0.29, 0.717) is 30.5 Å². The van der Waals surface area contributed by atoms with E-state index in [9.17, 15) is 9.90 Å². The van der Waals surface area contributed by atoms with Gasteiger partial charge in [-0.1, -0.05) is 30.3 Å². The zero-order chi connectivity index (χ0) is 20.2. The van der Waals surface area contributed by atoms with E-state index in [2.05, 4.69) is 35.3 Å². The molecule has 1 amide bonds. The Morgan fingerprint density at radius 3 is 2.79 bits per heavy atom. The average molecular weight is 390 g/mol. The normalized spacial score (nSPS) is 15.3. The maximum atomic E-state index is 12.7. The summed E-state index contributed by atoms with van der Waals surface area (Å²) in [5, 5.41) is 12.3. The van der Waals surface area contributed by atoms with E-state index in [1.54, 1.807) is 24.5 Å². The van der Waals surface area contributed by atoms with E-state index in [1.165, 1.54) is 11.3 Å². The summed E-state index contributed by atoms with van der Waals surface area (Å²) in [6.07, 6.45) is 4.28. The van der Waals surface area contributed by atoms with Crippen molar-refractivity contribution in [2.24, 2.45) is 0 Å². The van der Waals surface area contributed by atoms with Gasteiger partial charge in [-0.25, -0.2) is 0 Å². The number of carbonyl (C=O) groups is 1. The molecular formula is C24H26N2O3. The maximum Gasteiger partial charge on any atom is 0.254 e. The Labute approximate surface area is 171 Å². The molecule has 0 fully saturated rings. The van der Waals surface area contributed by atoms with Gasteiger partial charge in [-0.3, -0.25) is 4.79 Å². The number of para-hydroxylation sites is 1. The average Bonchev–Trinajstić information content (AvgIpc) is 3.31. The SMILES string of the molecule is CC1Cc2ccccc2N1Cc1occc1C(=O)NCCCc1ccc(O)cc1. The summed E-state index contributed by atoms with van der Waals surface area (Å²) in [5.74, 6) is 0.869. The number of aromatic hydroxyl groups is 1. The summed E-state index contributed by atoms with van der Waals surface area (Å²) in [6, 6.07) is 17.7. The number of carbonyl (C=O) groups excluding carboxylic acids is 1. The lowest BCUT2D eigenvalue weighted by Gasteiger charge is -2.24. The highest BCUT2D eigenvalue weighted by Crippen LogP contribution is 2.33. The van der Waals surface area contributed by atoms with E-state index < -0.39 is 0 Å². The van der Waals surface area contributed by atoms with Crippen LogP contribution in [0.15, 0.2) is 65.3 Å². The molecule has 1 aliphatic heterocycles. The lowest BCUT2D eigenvalue weighted by Crippen LogP contribution is -2.30. The molecule has 0 saturated heterocycles. The molecule has 0 radical (unpaired) electrons. The van der Waals surface area contributed by atoms with Crippen LogP contribution in [0.5, 0.6) is 5.75 Å². The molecule has 150 valence electrons. The van der Waals surface area contributed by atoms with Gasteiger partial charge in [-0.2, -0.15) is 0 Å². The van der Waals surface area contributed by atoms with Crippen LogP contribution in [0.25, 0.3) is 0 Å². The summed E-state index contributed by atoms with van der Waals surface area (Å²) in [4.78, 5) is 15.0. The molecular weight excluding hydrogens is 364 g/mol. The number of fused-ring (bicyclic) bond motifs is 1. The summed E-state index contributed by atoms with van der Waals surface area (Å²) in [7, 11) is 0. The first kappa shape index (κ1) is 19.1. The van der Waals surface area contributed by atoms with Crippen molar-refractivity contribution in [3.05, 3.63) is 83.3 Å². The fourth-order valence-electron chi connectivity index (χ4n) is 3.94. The van der Waals surface area contributed by atoms with Gasteiger partial charge in [-0.15, -0.1) is 0 Å². The number of benzene rings is 2. The van der Waals surface area contributed by atoms with Gasteiger partial charge < -0.3 is 19.7 Å². The Bertz CT molecular complexity index is 978. The molecule has 5 nitrogen and oxygen atoms in total. The number of amides is 1. The highest BCUT2D eigenvalue weighted by Gasteiger charge is 2.27. The lowest BCUT2D eigenvalue weighted by molar-refractivity contribution is 0.0951. The van der Waals surface area contributed by atoms with Gasteiger partial charge in [-0.05, 0) is 61.6 Å². The third-order valence-corrected chi connectivity index (χ3v) is 5.52. The Kier molecular flexibility index (Phi) is 5.56. The van der Waals surface area contributed by atoms with Crippen molar-refractivity contribution in [1.82, 2.24) is 5.32 Å². The van der Waals surface area contributed by atoms with Gasteiger partial charge in [0, 0.05) is 18.3 Å². The first-order valence-electron chi connectivity index (χ1n) is 10.1. The zero-order valence-corrected chi connectivity index (χ0v) is 16.6. The fourth-order valence-corrected chi connectivity index (χ4v) is 3.94. The van der Waals surface area contributed by atoms with Gasteiger partial charge in [0.25, 0.3) is 5.91 Å². The van der Waals surface area contributed by atoms with Crippen molar-refractivity contribution in [2.75, 3.05) is 11.4 Å². The number of furan rings is 1. The van der Waals surface area contributed by atoms with Gasteiger partial charge in [0.2, 0.25) is 0 Å². The number of hydrogen-bond donors (Lipinski definition) is 2. The van der Waals surface area contributed by atoms with Crippen LogP contribution < -0.4 is 10.2 Å². The topological polar surface area (TPSA) is 65.7 Å². The van der Waals surface area contributed by atoms with Crippen molar-refractivity contribution in [2.45, 2.75) is 38.8 Å². The molecule has 4 rings (SSSR count). The van der Waals surface area contributed by atoms with Gasteiger partial charge in [0.05, 0.1) is 18.4 Å². The molecule has 3 aromatic rings. The molecule has 0 bridgehead atoms. The van der Waals surface area contributed by atoms with Gasteiger partial charge in [0.1, 0.15) is 11.5 Å². The van der Waals surface area contributed by atoms with Crippen LogP contribution in [0.1, 0.15) is 40.6 Å². The molecule has 2 aromatic carbocycles. The maximum absolute atomic E-state index is 12.7. The standard InChI is InChI=1S/C24H26N2O3/c1-17-15-19-6-2-3-7-22(19)26(17)16-23-21(12-14-29-23)24(28)25-13-4-5-18-8-10-20(27)11-9-18/h2-3,6-12,14,17,27H,4-5,13,15-16H2,1H3,(H,25,28). The third kappa shape index (κ3) is 4.29. The number of nitrogens with zero attached hydrogens (tertiary/aromatic N) is 1. The number of phenols is 1. The molecule has 1 aromatic heterocycles. The monoisotopic (exact) mass is 390 g/mol. The van der Waals surface area contributed by atoms with Crippen molar-refractivity contribution in [1.29, 1.82) is 0 Å². The van der Waals surface area contributed by atoms with Crippen molar-refractivity contribution in [3.8, 4) is 5.75 Å². The number of hydrogen-bond acceptors (Lipinski definition) is 4. The molecule has 29 heavy (non-hydrogen) atoms. The van der Waals surface area contributed by atoms with Crippen LogP contribution in [0, 0.1) is 0 Å². The molecule has 0 saturated carbocycles. The number of phenolic OH excluding ortho intramolecular Hbond substituents is 1. The second kappa shape index (κ2) is 8.43. The smallest absolute Gasteiger partial charge is 0.254 e. The largest absolute Gasteiger partial charge is 0.508 e. The minimum Gasteiger partial charge on any atom is -0.508 e. The minimum absolute atomic E-state index is 0.0976. The highest BCUT2D eigenvalue weighted by molar-refractivity contribution is 5.95. The molecule has 0 aliphatic carbocycles. The van der Waals surface area contributed by atoms with Crippen LogP contribution in [-0.4, -0.2) is 23.6 Å². The minimum atomic E-state index is -0.0976. The van der Waals surface area contributed by atoms with Crippen LogP contribution in [0.4, 0.5) is 5.69 Å². The number of aryl methyl sites for hydroxylation is 1. The molecule has 1 aliphatic rings. The molecule has 1 atom stereocenters. The molecule has 0 spiro atoms. The Morgan fingerprint density at radius 1 is 1.17 bits per heavy atom. The first-order valence-corrected chi connectivity index (χ1v) is 10.1. The number of rotatable bonds is 7. The van der Waals surface area contributed by atoms with E-state index >= 15 is 0 Å². The Hall–Kier alpha value is -3.21. The molecule has 5 heteroatoms. The van der Waals surface area contributed by atoms with Crippen LogP contribution >= 0.6 is 0 Å². The summed E-state index contributed by atoms with van der Waals surface area (Å²) in [5.41, 5.74) is 4.30. The van der Waals surface area contributed by atoms with Crippen LogP contribution in [0.2, 0.25) is 0 Å². The van der Waals surface area contributed by atoms with Crippen LogP contribution in [0.3, 0.4) is 0 Å². The van der Waals surface area contributed by atoms with Crippen molar-refractivity contribution in [3.63, 3.8) is 0 Å². The first-order chi connectivity index (χ1) is 14.1. The molecule has 1 unspecified atom stereocenters. The second-order valence-corrected chi connectivity index (χ2v) is 7.59. The summed E-state index contributed by atoms with van der Waals surface area (Å²) < 4.78 is 5.67.